The van der Waals surface area contributed by atoms with E-state index in [0.29, 0.717) is 13.0 Å². The molecule has 23 heavy (non-hydrogen) atoms. The zero-order valence-corrected chi connectivity index (χ0v) is 13.0. The van der Waals surface area contributed by atoms with E-state index in [-0.39, 0.29) is 5.91 Å². The van der Waals surface area contributed by atoms with Gasteiger partial charge in [0.05, 0.1) is 0 Å². The highest BCUT2D eigenvalue weighted by Gasteiger charge is 2.06. The summed E-state index contributed by atoms with van der Waals surface area (Å²) in [6.07, 6.45) is 4.84. The van der Waals surface area contributed by atoms with Gasteiger partial charge in [-0.1, -0.05) is 36.4 Å². The van der Waals surface area contributed by atoms with E-state index in [4.69, 9.17) is 0 Å². The maximum atomic E-state index is 11.9. The largest absolute Gasteiger partial charge is 0.356 e. The minimum Gasteiger partial charge on any atom is -0.356 e. The number of hydrogen-bond donors (Lipinski definition) is 1. The molecular weight excluding hydrogens is 288 g/mol. The lowest BCUT2D eigenvalue weighted by Crippen LogP contribution is -2.25. The zero-order valence-electron chi connectivity index (χ0n) is 13.0. The number of benzene rings is 1. The first kappa shape index (κ1) is 15.2. The van der Waals surface area contributed by atoms with Crippen LogP contribution in [0.15, 0.2) is 54.7 Å². The van der Waals surface area contributed by atoms with Crippen molar-refractivity contribution in [3.63, 3.8) is 0 Å². The predicted octanol–water partition coefficient (Wildman–Crippen LogP) is 2.41. The molecule has 0 unspecified atom stereocenters. The second-order valence-electron chi connectivity index (χ2n) is 5.48. The maximum absolute atomic E-state index is 11.9. The standard InChI is InChI=1S/C18H20N4O/c23-18(19-13-12-15-7-2-1-3-8-15)11-6-10-17-21-20-16-9-4-5-14-22(16)17/h1-5,7-9,14H,6,10-13H2,(H,19,23). The molecule has 0 aliphatic carbocycles. The van der Waals surface area contributed by atoms with Crippen LogP contribution in [-0.4, -0.2) is 27.0 Å². The van der Waals surface area contributed by atoms with Crippen LogP contribution in [-0.2, 0) is 17.6 Å². The van der Waals surface area contributed by atoms with Crippen LogP contribution in [0.3, 0.4) is 0 Å². The van der Waals surface area contributed by atoms with E-state index in [1.165, 1.54) is 5.56 Å². The minimum atomic E-state index is 0.0924. The second-order valence-corrected chi connectivity index (χ2v) is 5.48. The second kappa shape index (κ2) is 7.54. The molecule has 0 radical (unpaired) electrons. The van der Waals surface area contributed by atoms with E-state index in [2.05, 4.69) is 27.6 Å². The third kappa shape index (κ3) is 4.16. The third-order valence-electron chi connectivity index (χ3n) is 3.77. The van der Waals surface area contributed by atoms with Crippen LogP contribution in [0.2, 0.25) is 0 Å². The van der Waals surface area contributed by atoms with Gasteiger partial charge in [0, 0.05) is 25.6 Å². The van der Waals surface area contributed by atoms with Crippen LogP contribution >= 0.6 is 0 Å². The van der Waals surface area contributed by atoms with Crippen LogP contribution in [0, 0.1) is 0 Å². The number of nitrogens with zero attached hydrogens (tertiary/aromatic N) is 3. The monoisotopic (exact) mass is 308 g/mol. The molecular formula is C18H20N4O. The summed E-state index contributed by atoms with van der Waals surface area (Å²) in [5.74, 6) is 0.993. The molecule has 0 bridgehead atoms. The van der Waals surface area contributed by atoms with E-state index >= 15 is 0 Å². The van der Waals surface area contributed by atoms with Crippen molar-refractivity contribution in [3.05, 3.63) is 66.1 Å². The van der Waals surface area contributed by atoms with Gasteiger partial charge in [0.15, 0.2) is 5.65 Å². The molecule has 3 aromatic rings. The summed E-state index contributed by atoms with van der Waals surface area (Å²) in [4.78, 5) is 11.9. The van der Waals surface area contributed by atoms with Crippen molar-refractivity contribution in [2.45, 2.75) is 25.7 Å². The van der Waals surface area contributed by atoms with Crippen LogP contribution < -0.4 is 5.32 Å². The van der Waals surface area contributed by atoms with Crippen LogP contribution in [0.4, 0.5) is 0 Å². The number of aromatic nitrogens is 3. The summed E-state index contributed by atoms with van der Waals surface area (Å²) < 4.78 is 1.97. The fourth-order valence-corrected chi connectivity index (χ4v) is 2.55. The number of hydrogen-bond acceptors (Lipinski definition) is 3. The van der Waals surface area contributed by atoms with Gasteiger partial charge in [-0.15, -0.1) is 10.2 Å². The van der Waals surface area contributed by atoms with Gasteiger partial charge < -0.3 is 5.32 Å². The van der Waals surface area contributed by atoms with Gasteiger partial charge in [-0.3, -0.25) is 9.20 Å². The van der Waals surface area contributed by atoms with E-state index in [1.807, 2.05) is 47.0 Å². The summed E-state index contributed by atoms with van der Waals surface area (Å²) in [5.41, 5.74) is 2.08. The van der Waals surface area contributed by atoms with Gasteiger partial charge in [0.2, 0.25) is 5.91 Å². The fraction of sp³-hybridized carbons (Fsp3) is 0.278. The molecule has 0 aliphatic rings. The van der Waals surface area contributed by atoms with Crippen molar-refractivity contribution in [1.82, 2.24) is 19.9 Å². The van der Waals surface area contributed by atoms with Gasteiger partial charge in [0.25, 0.3) is 0 Å². The van der Waals surface area contributed by atoms with Crippen LogP contribution in [0.1, 0.15) is 24.2 Å². The lowest BCUT2D eigenvalue weighted by Gasteiger charge is -2.05. The number of nitrogens with one attached hydrogen (secondary N) is 1. The average Bonchev–Trinajstić information content (AvgIpc) is 2.99. The molecule has 0 aliphatic heterocycles. The Balaban J connectivity index is 1.39. The smallest absolute Gasteiger partial charge is 0.220 e. The highest BCUT2D eigenvalue weighted by Crippen LogP contribution is 2.06. The van der Waals surface area contributed by atoms with E-state index < -0.39 is 0 Å². The minimum absolute atomic E-state index is 0.0924. The number of carbonyl (C=O) groups is 1. The molecule has 0 fully saturated rings. The van der Waals surface area contributed by atoms with Gasteiger partial charge in [0.1, 0.15) is 5.82 Å². The first-order valence-corrected chi connectivity index (χ1v) is 7.92. The maximum Gasteiger partial charge on any atom is 0.220 e. The molecule has 2 aromatic heterocycles. The Kier molecular flexibility index (Phi) is 4.99. The molecule has 1 amide bonds. The van der Waals surface area contributed by atoms with Crippen molar-refractivity contribution in [3.8, 4) is 0 Å². The van der Waals surface area contributed by atoms with E-state index in [0.717, 1.165) is 30.7 Å². The highest BCUT2D eigenvalue weighted by atomic mass is 16.1. The van der Waals surface area contributed by atoms with Gasteiger partial charge in [-0.05, 0) is 30.5 Å². The normalized spacial score (nSPS) is 10.8. The molecule has 0 saturated heterocycles. The molecule has 0 atom stereocenters. The quantitative estimate of drug-likeness (QED) is 0.729. The number of pyridine rings is 1. The highest BCUT2D eigenvalue weighted by molar-refractivity contribution is 5.75. The number of amides is 1. The van der Waals surface area contributed by atoms with Crippen molar-refractivity contribution in [1.29, 1.82) is 0 Å². The molecule has 0 spiro atoms. The fourth-order valence-electron chi connectivity index (χ4n) is 2.55. The molecule has 1 N–H and O–H groups in total. The Bertz CT molecular complexity index is 767. The molecule has 5 heteroatoms. The molecule has 2 heterocycles. The van der Waals surface area contributed by atoms with Gasteiger partial charge in [-0.2, -0.15) is 0 Å². The Hall–Kier alpha value is -2.69. The zero-order chi connectivity index (χ0) is 15.9. The van der Waals surface area contributed by atoms with Crippen molar-refractivity contribution in [2.75, 3.05) is 6.54 Å². The Morgan fingerprint density at radius 2 is 1.83 bits per heavy atom. The number of rotatable bonds is 7. The summed E-state index contributed by atoms with van der Waals surface area (Å²) in [6.45, 7) is 0.677. The Labute approximate surface area is 135 Å². The Morgan fingerprint density at radius 1 is 1.00 bits per heavy atom. The van der Waals surface area contributed by atoms with E-state index in [1.54, 1.807) is 0 Å². The molecule has 5 nitrogen and oxygen atoms in total. The number of fused-ring (bicyclic) bond motifs is 1. The predicted molar refractivity (Wildman–Crippen MR) is 89.1 cm³/mol. The van der Waals surface area contributed by atoms with Gasteiger partial charge >= 0.3 is 0 Å². The Morgan fingerprint density at radius 3 is 2.70 bits per heavy atom. The van der Waals surface area contributed by atoms with Crippen LogP contribution in [0.5, 0.6) is 0 Å². The van der Waals surface area contributed by atoms with E-state index in [9.17, 15) is 4.79 Å². The third-order valence-corrected chi connectivity index (χ3v) is 3.77. The lowest BCUT2D eigenvalue weighted by atomic mass is 10.1. The first-order chi connectivity index (χ1) is 11.3. The lowest BCUT2D eigenvalue weighted by molar-refractivity contribution is -0.121. The molecule has 0 saturated carbocycles. The van der Waals surface area contributed by atoms with Crippen LogP contribution in [0.25, 0.3) is 5.65 Å². The summed E-state index contributed by atoms with van der Waals surface area (Å²) in [6, 6.07) is 16.0. The average molecular weight is 308 g/mol. The molecule has 3 rings (SSSR count). The van der Waals surface area contributed by atoms with Gasteiger partial charge in [-0.25, -0.2) is 0 Å². The summed E-state index contributed by atoms with van der Waals surface area (Å²) >= 11 is 0. The number of aryl methyl sites for hydroxylation is 1. The first-order valence-electron chi connectivity index (χ1n) is 7.92. The summed E-state index contributed by atoms with van der Waals surface area (Å²) in [5, 5.41) is 11.3. The topological polar surface area (TPSA) is 59.3 Å². The molecule has 118 valence electrons. The van der Waals surface area contributed by atoms with Crippen molar-refractivity contribution >= 4 is 11.6 Å². The SMILES string of the molecule is O=C(CCCc1nnc2ccccn12)NCCc1ccccc1. The number of carbonyl (C=O) groups excluding carboxylic acids is 1. The summed E-state index contributed by atoms with van der Waals surface area (Å²) in [7, 11) is 0. The van der Waals surface area contributed by atoms with Crippen molar-refractivity contribution < 1.29 is 4.79 Å². The van der Waals surface area contributed by atoms with Crippen molar-refractivity contribution in [2.24, 2.45) is 0 Å². The molecule has 1 aromatic carbocycles.